The van der Waals surface area contributed by atoms with E-state index in [1.165, 1.54) is 6.33 Å². The molecule has 12 heteroatoms. The minimum atomic E-state index is -1.15. The average molecular weight is 484 g/mol. The number of unbranched alkanes of at least 4 members (excludes halogenated alkanes) is 2. The Morgan fingerprint density at radius 2 is 2.09 bits per heavy atom. The average Bonchev–Trinajstić information content (AvgIpc) is 3.32. The van der Waals surface area contributed by atoms with Gasteiger partial charge < -0.3 is 24.6 Å². The number of aliphatic hydroxyl groups is 1. The first kappa shape index (κ1) is 25.1. The first-order valence-corrected chi connectivity index (χ1v) is 11.5. The van der Waals surface area contributed by atoms with Crippen molar-refractivity contribution in [2.45, 2.75) is 77.2 Å². The summed E-state index contributed by atoms with van der Waals surface area (Å²) in [5.41, 5.74) is -0.447. The zero-order valence-electron chi connectivity index (χ0n) is 19.0. The van der Waals surface area contributed by atoms with Crippen LogP contribution in [0.15, 0.2) is 6.33 Å². The Labute approximate surface area is 196 Å². The van der Waals surface area contributed by atoms with E-state index in [1.54, 1.807) is 11.5 Å². The van der Waals surface area contributed by atoms with Crippen LogP contribution in [0.2, 0.25) is 5.28 Å². The van der Waals surface area contributed by atoms with Crippen LogP contribution >= 0.6 is 11.6 Å². The SMILES string of the molecule is CCCCCC(=O)Nc1nc(Cl)nc2c1ncn2[C@H]1C[C@H](O)[C@@](C)(COC(=O)OCCC)O1. The van der Waals surface area contributed by atoms with Crippen molar-refractivity contribution in [2.24, 2.45) is 0 Å². The van der Waals surface area contributed by atoms with E-state index in [0.29, 0.717) is 24.0 Å². The number of carbonyl (C=O) groups excluding carboxylic acids is 2. The number of halogens is 1. The van der Waals surface area contributed by atoms with Gasteiger partial charge in [0.05, 0.1) is 19.0 Å². The van der Waals surface area contributed by atoms with Crippen LogP contribution < -0.4 is 5.32 Å². The lowest BCUT2D eigenvalue weighted by Gasteiger charge is -2.26. The monoisotopic (exact) mass is 483 g/mol. The van der Waals surface area contributed by atoms with Gasteiger partial charge in [0.1, 0.15) is 18.4 Å². The Kier molecular flexibility index (Phi) is 8.44. The van der Waals surface area contributed by atoms with Crippen LogP contribution in [0.3, 0.4) is 0 Å². The van der Waals surface area contributed by atoms with Crippen molar-refractivity contribution in [3.05, 3.63) is 11.6 Å². The third-order valence-electron chi connectivity index (χ3n) is 5.41. The lowest BCUT2D eigenvalue weighted by molar-refractivity contribution is -0.121. The van der Waals surface area contributed by atoms with E-state index in [0.717, 1.165) is 19.3 Å². The van der Waals surface area contributed by atoms with Gasteiger partial charge in [-0.15, -0.1) is 0 Å². The van der Waals surface area contributed by atoms with Gasteiger partial charge in [-0.3, -0.25) is 9.36 Å². The van der Waals surface area contributed by atoms with Gasteiger partial charge in [-0.2, -0.15) is 9.97 Å². The van der Waals surface area contributed by atoms with Gasteiger partial charge in [0.15, 0.2) is 17.0 Å². The van der Waals surface area contributed by atoms with Gasteiger partial charge in [0.2, 0.25) is 11.2 Å². The summed E-state index contributed by atoms with van der Waals surface area (Å²) >= 11 is 6.10. The van der Waals surface area contributed by atoms with E-state index < -0.39 is 24.1 Å². The van der Waals surface area contributed by atoms with E-state index in [2.05, 4.69) is 27.2 Å². The van der Waals surface area contributed by atoms with E-state index in [-0.39, 0.29) is 36.6 Å². The van der Waals surface area contributed by atoms with Crippen molar-refractivity contribution >= 4 is 40.6 Å². The number of nitrogens with zero attached hydrogens (tertiary/aromatic N) is 4. The maximum absolute atomic E-state index is 12.3. The maximum atomic E-state index is 12.3. The molecule has 2 N–H and O–H groups in total. The van der Waals surface area contributed by atoms with Crippen LogP contribution in [0.5, 0.6) is 0 Å². The van der Waals surface area contributed by atoms with Crippen LogP contribution in [-0.2, 0) is 19.0 Å². The highest BCUT2D eigenvalue weighted by Crippen LogP contribution is 2.38. The molecular weight excluding hydrogens is 454 g/mol. The quantitative estimate of drug-likeness (QED) is 0.295. The number of aromatic nitrogens is 4. The molecule has 0 aromatic carbocycles. The molecule has 182 valence electrons. The van der Waals surface area contributed by atoms with Crippen molar-refractivity contribution < 1.29 is 28.9 Å². The number of fused-ring (bicyclic) bond motifs is 1. The molecule has 1 amide bonds. The summed E-state index contributed by atoms with van der Waals surface area (Å²) in [7, 11) is 0. The molecule has 0 saturated carbocycles. The molecule has 1 aliphatic heterocycles. The molecule has 0 bridgehead atoms. The van der Waals surface area contributed by atoms with E-state index in [1.807, 2.05) is 6.92 Å². The first-order chi connectivity index (χ1) is 15.8. The predicted octanol–water partition coefficient (Wildman–Crippen LogP) is 3.60. The zero-order chi connectivity index (χ0) is 24.0. The van der Waals surface area contributed by atoms with E-state index in [9.17, 15) is 14.7 Å². The Hall–Kier alpha value is -2.50. The highest BCUT2D eigenvalue weighted by atomic mass is 35.5. The molecule has 3 heterocycles. The van der Waals surface area contributed by atoms with Crippen LogP contribution in [0.25, 0.3) is 11.2 Å². The van der Waals surface area contributed by atoms with Crippen LogP contribution in [0.1, 0.15) is 65.5 Å². The number of anilines is 1. The minimum Gasteiger partial charge on any atom is -0.434 e. The van der Waals surface area contributed by atoms with E-state index >= 15 is 0 Å². The smallest absolute Gasteiger partial charge is 0.434 e. The van der Waals surface area contributed by atoms with Gasteiger partial charge >= 0.3 is 6.16 Å². The van der Waals surface area contributed by atoms with Crippen LogP contribution in [-0.4, -0.2) is 61.6 Å². The molecule has 3 rings (SSSR count). The van der Waals surface area contributed by atoms with Gasteiger partial charge in [0.25, 0.3) is 0 Å². The first-order valence-electron chi connectivity index (χ1n) is 11.1. The second-order valence-electron chi connectivity index (χ2n) is 8.19. The summed E-state index contributed by atoms with van der Waals surface area (Å²) in [5, 5.41) is 13.3. The van der Waals surface area contributed by atoms with Crippen molar-refractivity contribution in [3.8, 4) is 0 Å². The molecule has 0 unspecified atom stereocenters. The minimum absolute atomic E-state index is 0.0589. The second kappa shape index (κ2) is 11.1. The molecule has 1 fully saturated rings. The fourth-order valence-electron chi connectivity index (χ4n) is 3.53. The van der Waals surface area contributed by atoms with Crippen LogP contribution in [0.4, 0.5) is 10.6 Å². The largest absolute Gasteiger partial charge is 0.508 e. The number of imidazole rings is 1. The van der Waals surface area contributed by atoms with Gasteiger partial charge in [-0.1, -0.05) is 26.7 Å². The second-order valence-corrected chi connectivity index (χ2v) is 8.53. The number of nitrogens with one attached hydrogen (secondary N) is 1. The fourth-order valence-corrected chi connectivity index (χ4v) is 3.69. The molecule has 1 aliphatic rings. The Bertz CT molecular complexity index is 985. The highest BCUT2D eigenvalue weighted by Gasteiger charge is 2.47. The predicted molar refractivity (Wildman–Crippen MR) is 120 cm³/mol. The van der Waals surface area contributed by atoms with Crippen LogP contribution in [0, 0.1) is 0 Å². The molecule has 11 nitrogen and oxygen atoms in total. The topological polar surface area (TPSA) is 138 Å². The Morgan fingerprint density at radius 1 is 1.30 bits per heavy atom. The van der Waals surface area contributed by atoms with Crippen molar-refractivity contribution in [3.63, 3.8) is 0 Å². The van der Waals surface area contributed by atoms with Crippen molar-refractivity contribution in [1.29, 1.82) is 0 Å². The Morgan fingerprint density at radius 3 is 2.82 bits per heavy atom. The summed E-state index contributed by atoms with van der Waals surface area (Å²) < 4.78 is 17.7. The normalized spacial score (nSPS) is 22.5. The standard InChI is InChI=1S/C21H30ClN5O6/c1-4-6-7-8-14(29)24-17-16-18(26-19(22)25-17)27(12-23-16)15-10-13(28)21(3,33-15)11-32-20(30)31-9-5-2/h12-13,15,28H,4-11H2,1-3H3,(H,24,25,26,29)/t13-,15+,21+/m0/s1. The molecule has 0 radical (unpaired) electrons. The number of rotatable bonds is 10. The number of amides is 1. The molecular formula is C21H30ClN5O6. The number of aliphatic hydroxyl groups excluding tert-OH is 1. The lowest BCUT2D eigenvalue weighted by Crippen LogP contribution is -2.41. The van der Waals surface area contributed by atoms with E-state index in [4.69, 9.17) is 25.8 Å². The maximum Gasteiger partial charge on any atom is 0.508 e. The molecule has 0 spiro atoms. The number of ether oxygens (including phenoxy) is 3. The lowest BCUT2D eigenvalue weighted by atomic mass is 10.0. The highest BCUT2D eigenvalue weighted by molar-refractivity contribution is 6.28. The van der Waals surface area contributed by atoms with Crippen molar-refractivity contribution in [1.82, 2.24) is 19.5 Å². The molecule has 2 aromatic heterocycles. The van der Waals surface area contributed by atoms with Gasteiger partial charge in [-0.25, -0.2) is 9.78 Å². The molecule has 2 aromatic rings. The summed E-state index contributed by atoms with van der Waals surface area (Å²) in [6.45, 7) is 5.65. The van der Waals surface area contributed by atoms with Gasteiger partial charge in [0, 0.05) is 12.8 Å². The fraction of sp³-hybridized carbons (Fsp3) is 0.667. The summed E-state index contributed by atoms with van der Waals surface area (Å²) in [6, 6.07) is 0. The molecule has 33 heavy (non-hydrogen) atoms. The Balaban J connectivity index is 1.74. The van der Waals surface area contributed by atoms with Crippen molar-refractivity contribution in [2.75, 3.05) is 18.5 Å². The summed E-state index contributed by atoms with van der Waals surface area (Å²) in [5.74, 6) is 0.0369. The summed E-state index contributed by atoms with van der Waals surface area (Å²) in [6.07, 6.45) is 3.10. The van der Waals surface area contributed by atoms with Gasteiger partial charge in [-0.05, 0) is 31.4 Å². The molecule has 1 saturated heterocycles. The number of carbonyl (C=O) groups is 2. The zero-order valence-corrected chi connectivity index (χ0v) is 19.8. The summed E-state index contributed by atoms with van der Waals surface area (Å²) in [4.78, 5) is 36.6. The third kappa shape index (κ3) is 6.10. The molecule has 3 atom stereocenters. The number of hydrogen-bond acceptors (Lipinski definition) is 9. The third-order valence-corrected chi connectivity index (χ3v) is 5.57. The molecule has 0 aliphatic carbocycles. The number of hydrogen-bond donors (Lipinski definition) is 2.